The van der Waals surface area contributed by atoms with Gasteiger partial charge in [-0.05, 0) is 44.9 Å². The van der Waals surface area contributed by atoms with Gasteiger partial charge in [0.15, 0.2) is 0 Å². The van der Waals surface area contributed by atoms with Crippen molar-refractivity contribution in [2.24, 2.45) is 11.8 Å². The van der Waals surface area contributed by atoms with Gasteiger partial charge in [0.2, 0.25) is 0 Å². The number of allylic oxidation sites excluding steroid dienone is 4. The zero-order valence-corrected chi connectivity index (χ0v) is 11.7. The van der Waals surface area contributed by atoms with Crippen molar-refractivity contribution in [3.05, 3.63) is 24.3 Å². The molecule has 0 bridgehead atoms. The Bertz CT molecular complexity index is 331. The van der Waals surface area contributed by atoms with Gasteiger partial charge in [0.25, 0.3) is 0 Å². The largest absolute Gasteiger partial charge is 0.466 e. The number of rotatable bonds is 8. The summed E-state index contributed by atoms with van der Waals surface area (Å²) >= 11 is 0. The van der Waals surface area contributed by atoms with Crippen LogP contribution in [0.1, 0.15) is 45.4 Å². The second-order valence-electron chi connectivity index (χ2n) is 4.91. The van der Waals surface area contributed by atoms with E-state index in [-0.39, 0.29) is 11.9 Å². The van der Waals surface area contributed by atoms with Crippen LogP contribution in [0, 0.1) is 11.8 Å². The van der Waals surface area contributed by atoms with Crippen molar-refractivity contribution in [1.29, 1.82) is 0 Å². The van der Waals surface area contributed by atoms with Crippen LogP contribution < -0.4 is 0 Å². The summed E-state index contributed by atoms with van der Waals surface area (Å²) in [6.45, 7) is 2.27. The maximum absolute atomic E-state index is 11.1. The first kappa shape index (κ1) is 15.7. The van der Waals surface area contributed by atoms with Crippen molar-refractivity contribution in [1.82, 2.24) is 0 Å². The molecule has 3 nitrogen and oxygen atoms in total. The molecular weight excluding hydrogens is 240 g/mol. The minimum absolute atomic E-state index is 0.116. The van der Waals surface area contributed by atoms with Gasteiger partial charge in [-0.1, -0.05) is 24.3 Å². The number of ether oxygens (including phenoxy) is 1. The van der Waals surface area contributed by atoms with Crippen LogP contribution in [0.4, 0.5) is 0 Å². The highest BCUT2D eigenvalue weighted by Crippen LogP contribution is 2.27. The molecule has 2 atom stereocenters. The molecule has 0 aromatic rings. The van der Waals surface area contributed by atoms with Gasteiger partial charge >= 0.3 is 5.97 Å². The van der Waals surface area contributed by atoms with E-state index in [2.05, 4.69) is 24.3 Å². The Balaban J connectivity index is 2.14. The van der Waals surface area contributed by atoms with Crippen LogP contribution in [0.5, 0.6) is 0 Å². The number of hydrogen-bond acceptors (Lipinski definition) is 3. The van der Waals surface area contributed by atoms with E-state index in [1.807, 2.05) is 6.92 Å². The third-order valence-corrected chi connectivity index (χ3v) is 3.46. The molecular formula is C16H24O3. The van der Waals surface area contributed by atoms with E-state index in [0.29, 0.717) is 18.9 Å². The molecule has 0 aromatic carbocycles. The fourth-order valence-corrected chi connectivity index (χ4v) is 2.32. The van der Waals surface area contributed by atoms with Crippen LogP contribution in [-0.2, 0) is 14.3 Å². The lowest BCUT2D eigenvalue weighted by Gasteiger charge is -2.22. The summed E-state index contributed by atoms with van der Waals surface area (Å²) in [6, 6.07) is 0. The number of aldehydes is 1. The molecule has 1 rings (SSSR count). The molecule has 0 spiro atoms. The fourth-order valence-electron chi connectivity index (χ4n) is 2.32. The molecule has 1 aliphatic carbocycles. The highest BCUT2D eigenvalue weighted by atomic mass is 16.5. The van der Waals surface area contributed by atoms with E-state index >= 15 is 0 Å². The summed E-state index contributed by atoms with van der Waals surface area (Å²) in [4.78, 5) is 22.0. The lowest BCUT2D eigenvalue weighted by Crippen LogP contribution is -2.17. The van der Waals surface area contributed by atoms with Crippen molar-refractivity contribution >= 4 is 12.3 Å². The van der Waals surface area contributed by atoms with E-state index in [1.165, 1.54) is 0 Å². The Morgan fingerprint density at radius 2 is 2.11 bits per heavy atom. The van der Waals surface area contributed by atoms with Crippen LogP contribution in [0.2, 0.25) is 0 Å². The van der Waals surface area contributed by atoms with Crippen molar-refractivity contribution in [3.8, 4) is 0 Å². The molecule has 0 saturated carbocycles. The van der Waals surface area contributed by atoms with Gasteiger partial charge in [-0.2, -0.15) is 0 Å². The first-order valence-electron chi connectivity index (χ1n) is 7.18. The van der Waals surface area contributed by atoms with Gasteiger partial charge in [0, 0.05) is 12.3 Å². The molecule has 0 N–H and O–H groups in total. The monoisotopic (exact) mass is 264 g/mol. The van der Waals surface area contributed by atoms with Crippen LogP contribution in [0.25, 0.3) is 0 Å². The van der Waals surface area contributed by atoms with Gasteiger partial charge in [-0.15, -0.1) is 0 Å². The maximum atomic E-state index is 11.1. The van der Waals surface area contributed by atoms with Gasteiger partial charge in [-0.25, -0.2) is 0 Å². The Kier molecular flexibility index (Phi) is 7.87. The predicted molar refractivity (Wildman–Crippen MR) is 75.7 cm³/mol. The minimum Gasteiger partial charge on any atom is -0.466 e. The summed E-state index contributed by atoms with van der Waals surface area (Å²) in [5.41, 5.74) is 0. The van der Waals surface area contributed by atoms with Crippen molar-refractivity contribution in [3.63, 3.8) is 0 Å². The highest BCUT2D eigenvalue weighted by molar-refractivity contribution is 5.69. The smallest absolute Gasteiger partial charge is 0.305 e. The molecule has 0 aromatic heterocycles. The number of unbranched alkanes of at least 4 members (excludes halogenated alkanes) is 1. The number of hydrogen-bond donors (Lipinski definition) is 0. The molecule has 0 heterocycles. The van der Waals surface area contributed by atoms with E-state index in [4.69, 9.17) is 4.74 Å². The average Bonchev–Trinajstić information content (AvgIpc) is 2.43. The van der Waals surface area contributed by atoms with Crippen LogP contribution in [0.15, 0.2) is 24.3 Å². The number of carbonyl (C=O) groups excluding carboxylic acids is 2. The molecule has 0 amide bonds. The third-order valence-electron chi connectivity index (χ3n) is 3.46. The highest BCUT2D eigenvalue weighted by Gasteiger charge is 2.20. The Morgan fingerprint density at radius 3 is 2.84 bits per heavy atom. The zero-order valence-electron chi connectivity index (χ0n) is 11.7. The van der Waals surface area contributed by atoms with E-state index < -0.39 is 0 Å². The lowest BCUT2D eigenvalue weighted by molar-refractivity contribution is -0.143. The van der Waals surface area contributed by atoms with Crippen molar-refractivity contribution < 1.29 is 14.3 Å². The summed E-state index contributed by atoms with van der Waals surface area (Å²) in [6.07, 6.45) is 14.6. The number of carbonyl (C=O) groups is 2. The van der Waals surface area contributed by atoms with Crippen LogP contribution in [0.3, 0.4) is 0 Å². The first-order valence-corrected chi connectivity index (χ1v) is 7.18. The number of esters is 1. The van der Waals surface area contributed by atoms with E-state index in [9.17, 15) is 9.59 Å². The Labute approximate surface area is 115 Å². The molecule has 0 aliphatic heterocycles. The summed E-state index contributed by atoms with van der Waals surface area (Å²) < 4.78 is 4.86. The molecule has 3 heteroatoms. The van der Waals surface area contributed by atoms with Crippen molar-refractivity contribution in [2.45, 2.75) is 45.4 Å². The molecule has 0 saturated heterocycles. The lowest BCUT2D eigenvalue weighted by atomic mass is 9.82. The Morgan fingerprint density at radius 1 is 1.32 bits per heavy atom. The third kappa shape index (κ3) is 6.37. The van der Waals surface area contributed by atoms with Gasteiger partial charge < -0.3 is 9.53 Å². The second-order valence-corrected chi connectivity index (χ2v) is 4.91. The molecule has 0 radical (unpaired) electrons. The summed E-state index contributed by atoms with van der Waals surface area (Å²) in [7, 11) is 0. The SMILES string of the molecule is CCOC(=O)CCCC=CCC1CC=CCC1C=O. The van der Waals surface area contributed by atoms with Crippen LogP contribution >= 0.6 is 0 Å². The molecule has 0 fully saturated rings. The zero-order chi connectivity index (χ0) is 13.9. The van der Waals surface area contributed by atoms with Crippen LogP contribution in [-0.4, -0.2) is 18.9 Å². The summed E-state index contributed by atoms with van der Waals surface area (Å²) in [5.74, 6) is 0.507. The molecule has 19 heavy (non-hydrogen) atoms. The molecule has 106 valence electrons. The first-order chi connectivity index (χ1) is 9.27. The quantitative estimate of drug-likeness (QED) is 0.292. The minimum atomic E-state index is -0.116. The van der Waals surface area contributed by atoms with Gasteiger partial charge in [0.1, 0.15) is 6.29 Å². The second kappa shape index (κ2) is 9.54. The van der Waals surface area contributed by atoms with Crippen molar-refractivity contribution in [2.75, 3.05) is 6.61 Å². The standard InChI is InChI=1S/C16H24O3/c1-2-19-16(18)12-6-4-3-5-9-14-10-7-8-11-15(14)13-17/h3,5,7-8,13-15H,2,4,6,9-12H2,1H3. The fraction of sp³-hybridized carbons (Fsp3) is 0.625. The summed E-state index contributed by atoms with van der Waals surface area (Å²) in [5, 5.41) is 0. The van der Waals surface area contributed by atoms with Gasteiger partial charge in [-0.3, -0.25) is 4.79 Å². The molecule has 2 unspecified atom stereocenters. The average molecular weight is 264 g/mol. The predicted octanol–water partition coefficient (Wildman–Crippen LogP) is 3.45. The Hall–Kier alpha value is -1.38. The van der Waals surface area contributed by atoms with Gasteiger partial charge in [0.05, 0.1) is 6.61 Å². The molecule has 1 aliphatic rings. The topological polar surface area (TPSA) is 43.4 Å². The van der Waals surface area contributed by atoms with E-state index in [0.717, 1.165) is 38.4 Å². The maximum Gasteiger partial charge on any atom is 0.305 e. The normalized spacial score (nSPS) is 22.6. The van der Waals surface area contributed by atoms with E-state index in [1.54, 1.807) is 0 Å².